The highest BCUT2D eigenvalue weighted by molar-refractivity contribution is 4.63. The maximum absolute atomic E-state index is 9.61. The second-order valence-electron chi connectivity index (χ2n) is 4.14. The van der Waals surface area contributed by atoms with Crippen molar-refractivity contribution in [2.45, 2.75) is 33.0 Å². The third-order valence-electron chi connectivity index (χ3n) is 2.08. The summed E-state index contributed by atoms with van der Waals surface area (Å²) in [4.78, 5) is 2.09. The molecule has 0 amide bonds. The molecule has 0 aliphatic heterocycles. The standard InChI is InChI=1S/C11H26N2O2/c1-5-12-8-11(14)9-13(4)6-7-15-10(2)3/h10-12,14H,5-9H2,1-4H3. The van der Waals surface area contributed by atoms with Crippen molar-refractivity contribution in [1.82, 2.24) is 10.2 Å². The number of nitrogens with one attached hydrogen (secondary N) is 1. The molecular weight excluding hydrogens is 192 g/mol. The van der Waals surface area contributed by atoms with Crippen molar-refractivity contribution in [3.63, 3.8) is 0 Å². The summed E-state index contributed by atoms with van der Waals surface area (Å²) in [7, 11) is 2.00. The highest BCUT2D eigenvalue weighted by Crippen LogP contribution is 1.91. The summed E-state index contributed by atoms with van der Waals surface area (Å²) < 4.78 is 5.44. The Bertz CT molecular complexity index is 143. The first-order valence-corrected chi connectivity index (χ1v) is 5.75. The van der Waals surface area contributed by atoms with Crippen LogP contribution in [0, 0.1) is 0 Å². The van der Waals surface area contributed by atoms with Crippen molar-refractivity contribution in [2.75, 3.05) is 39.8 Å². The number of hydrogen-bond donors (Lipinski definition) is 2. The molecule has 2 N–H and O–H groups in total. The molecule has 0 bridgehead atoms. The first-order chi connectivity index (χ1) is 7.06. The summed E-state index contributed by atoms with van der Waals surface area (Å²) in [6.45, 7) is 9.92. The van der Waals surface area contributed by atoms with Gasteiger partial charge in [-0.2, -0.15) is 0 Å². The van der Waals surface area contributed by atoms with E-state index in [1.54, 1.807) is 0 Å². The fraction of sp³-hybridized carbons (Fsp3) is 1.00. The molecular formula is C11H26N2O2. The van der Waals surface area contributed by atoms with Crippen molar-refractivity contribution in [1.29, 1.82) is 0 Å². The second kappa shape index (κ2) is 9.09. The first kappa shape index (κ1) is 14.8. The molecule has 0 saturated heterocycles. The van der Waals surface area contributed by atoms with Crippen molar-refractivity contribution in [3.05, 3.63) is 0 Å². The van der Waals surface area contributed by atoms with Crippen molar-refractivity contribution < 1.29 is 9.84 Å². The van der Waals surface area contributed by atoms with Gasteiger partial charge >= 0.3 is 0 Å². The van der Waals surface area contributed by atoms with E-state index in [0.717, 1.165) is 19.7 Å². The Morgan fingerprint density at radius 3 is 2.60 bits per heavy atom. The molecule has 0 spiro atoms. The number of aliphatic hydroxyl groups is 1. The van der Waals surface area contributed by atoms with Crippen LogP contribution in [0.15, 0.2) is 0 Å². The van der Waals surface area contributed by atoms with Gasteiger partial charge in [-0.05, 0) is 27.4 Å². The van der Waals surface area contributed by atoms with E-state index in [2.05, 4.69) is 10.2 Å². The molecule has 0 aromatic heterocycles. The number of nitrogens with zero attached hydrogens (tertiary/aromatic N) is 1. The topological polar surface area (TPSA) is 44.7 Å². The zero-order valence-electron chi connectivity index (χ0n) is 10.5. The Balaban J connectivity index is 3.42. The largest absolute Gasteiger partial charge is 0.390 e. The van der Waals surface area contributed by atoms with Gasteiger partial charge in [-0.25, -0.2) is 0 Å². The predicted octanol–water partition coefficient (Wildman–Crippen LogP) is 0.314. The van der Waals surface area contributed by atoms with E-state index in [-0.39, 0.29) is 12.2 Å². The lowest BCUT2D eigenvalue weighted by Gasteiger charge is -2.21. The molecule has 0 aliphatic rings. The first-order valence-electron chi connectivity index (χ1n) is 5.75. The van der Waals surface area contributed by atoms with Crippen LogP contribution in [-0.4, -0.2) is 62.0 Å². The van der Waals surface area contributed by atoms with Crippen LogP contribution in [-0.2, 0) is 4.74 Å². The molecule has 92 valence electrons. The smallest absolute Gasteiger partial charge is 0.0791 e. The second-order valence-corrected chi connectivity index (χ2v) is 4.14. The van der Waals surface area contributed by atoms with Crippen LogP contribution in [0.4, 0.5) is 0 Å². The van der Waals surface area contributed by atoms with Crippen LogP contribution < -0.4 is 5.32 Å². The average Bonchev–Trinajstić information content (AvgIpc) is 2.14. The quantitative estimate of drug-likeness (QED) is 0.585. The molecule has 0 fully saturated rings. The van der Waals surface area contributed by atoms with Crippen LogP contribution in [0.3, 0.4) is 0 Å². The van der Waals surface area contributed by atoms with E-state index >= 15 is 0 Å². The number of hydrogen-bond acceptors (Lipinski definition) is 4. The van der Waals surface area contributed by atoms with Gasteiger partial charge in [-0.1, -0.05) is 6.92 Å². The summed E-state index contributed by atoms with van der Waals surface area (Å²) >= 11 is 0. The maximum Gasteiger partial charge on any atom is 0.0791 e. The van der Waals surface area contributed by atoms with Gasteiger partial charge in [-0.3, -0.25) is 0 Å². The number of likely N-dealkylation sites (N-methyl/N-ethyl adjacent to an activating group) is 2. The van der Waals surface area contributed by atoms with E-state index in [9.17, 15) is 5.11 Å². The van der Waals surface area contributed by atoms with Gasteiger partial charge in [0.05, 0.1) is 18.8 Å². The van der Waals surface area contributed by atoms with Crippen molar-refractivity contribution >= 4 is 0 Å². The lowest BCUT2D eigenvalue weighted by atomic mass is 10.3. The minimum Gasteiger partial charge on any atom is -0.390 e. The van der Waals surface area contributed by atoms with Gasteiger partial charge in [0.1, 0.15) is 0 Å². The summed E-state index contributed by atoms with van der Waals surface area (Å²) in [6, 6.07) is 0. The lowest BCUT2D eigenvalue weighted by Crippen LogP contribution is -2.37. The SMILES string of the molecule is CCNCC(O)CN(C)CCOC(C)C. The predicted molar refractivity (Wildman–Crippen MR) is 63.1 cm³/mol. The molecule has 1 unspecified atom stereocenters. The monoisotopic (exact) mass is 218 g/mol. The van der Waals surface area contributed by atoms with E-state index in [0.29, 0.717) is 13.1 Å². The van der Waals surface area contributed by atoms with Gasteiger partial charge in [0, 0.05) is 19.6 Å². The Labute approximate surface area is 93.6 Å². The Morgan fingerprint density at radius 1 is 1.40 bits per heavy atom. The Kier molecular flexibility index (Phi) is 9.00. The summed E-state index contributed by atoms with van der Waals surface area (Å²) in [5.74, 6) is 0. The maximum atomic E-state index is 9.61. The molecule has 0 rings (SSSR count). The van der Waals surface area contributed by atoms with E-state index < -0.39 is 0 Å². The molecule has 0 aromatic rings. The summed E-state index contributed by atoms with van der Waals surface area (Å²) in [5.41, 5.74) is 0. The van der Waals surface area contributed by atoms with Gasteiger partial charge in [0.15, 0.2) is 0 Å². The number of aliphatic hydroxyl groups excluding tert-OH is 1. The average molecular weight is 218 g/mol. The molecule has 4 nitrogen and oxygen atoms in total. The van der Waals surface area contributed by atoms with Gasteiger partial charge in [-0.15, -0.1) is 0 Å². The third kappa shape index (κ3) is 10.1. The van der Waals surface area contributed by atoms with E-state index in [4.69, 9.17) is 4.74 Å². The normalized spacial score (nSPS) is 13.8. The molecule has 0 heterocycles. The number of rotatable bonds is 9. The lowest BCUT2D eigenvalue weighted by molar-refractivity contribution is 0.0521. The van der Waals surface area contributed by atoms with Crippen LogP contribution in [0.2, 0.25) is 0 Å². The minimum atomic E-state index is -0.297. The van der Waals surface area contributed by atoms with Crippen LogP contribution >= 0.6 is 0 Å². The van der Waals surface area contributed by atoms with Crippen LogP contribution in [0.5, 0.6) is 0 Å². The molecule has 15 heavy (non-hydrogen) atoms. The molecule has 4 heteroatoms. The Hall–Kier alpha value is -0.160. The highest BCUT2D eigenvalue weighted by Gasteiger charge is 2.07. The molecule has 0 radical (unpaired) electrons. The Morgan fingerprint density at radius 2 is 2.07 bits per heavy atom. The molecule has 1 atom stereocenters. The van der Waals surface area contributed by atoms with E-state index in [1.165, 1.54) is 0 Å². The van der Waals surface area contributed by atoms with Crippen molar-refractivity contribution in [3.8, 4) is 0 Å². The zero-order chi connectivity index (χ0) is 11.7. The summed E-state index contributed by atoms with van der Waals surface area (Å²) in [6.07, 6.45) is -0.0147. The van der Waals surface area contributed by atoms with Gasteiger partial charge < -0.3 is 20.1 Å². The van der Waals surface area contributed by atoms with Gasteiger partial charge in [0.2, 0.25) is 0 Å². The van der Waals surface area contributed by atoms with E-state index in [1.807, 2.05) is 27.8 Å². The molecule has 0 aromatic carbocycles. The zero-order valence-corrected chi connectivity index (χ0v) is 10.5. The van der Waals surface area contributed by atoms with Crippen LogP contribution in [0.25, 0.3) is 0 Å². The van der Waals surface area contributed by atoms with Crippen LogP contribution in [0.1, 0.15) is 20.8 Å². The minimum absolute atomic E-state index is 0.282. The van der Waals surface area contributed by atoms with Gasteiger partial charge in [0.25, 0.3) is 0 Å². The number of ether oxygens (including phenoxy) is 1. The fourth-order valence-electron chi connectivity index (χ4n) is 1.27. The summed E-state index contributed by atoms with van der Waals surface area (Å²) in [5, 5.41) is 12.7. The highest BCUT2D eigenvalue weighted by atomic mass is 16.5. The van der Waals surface area contributed by atoms with Crippen molar-refractivity contribution in [2.24, 2.45) is 0 Å². The molecule has 0 aliphatic carbocycles. The molecule has 0 saturated carbocycles. The third-order valence-corrected chi connectivity index (χ3v) is 2.08. The fourth-order valence-corrected chi connectivity index (χ4v) is 1.27.